The molecule has 2 fully saturated rings. The summed E-state index contributed by atoms with van der Waals surface area (Å²) in [5.41, 5.74) is -0.179. The number of hydrogen-bond acceptors (Lipinski definition) is 7. The lowest BCUT2D eigenvalue weighted by molar-refractivity contribution is -0.141. The summed E-state index contributed by atoms with van der Waals surface area (Å²) in [5, 5.41) is 16.1. The van der Waals surface area contributed by atoms with Crippen LogP contribution in [0.15, 0.2) is 30.6 Å². The van der Waals surface area contributed by atoms with Gasteiger partial charge in [0.25, 0.3) is 5.91 Å². The lowest BCUT2D eigenvalue weighted by atomic mass is 9.87. The molecule has 1 saturated carbocycles. The van der Waals surface area contributed by atoms with Gasteiger partial charge in [0.15, 0.2) is 6.33 Å². The van der Waals surface area contributed by atoms with Gasteiger partial charge in [-0.2, -0.15) is 0 Å². The molecule has 38 heavy (non-hydrogen) atoms. The minimum absolute atomic E-state index is 0.0405. The van der Waals surface area contributed by atoms with Gasteiger partial charge in [0.05, 0.1) is 6.54 Å². The van der Waals surface area contributed by atoms with Crippen molar-refractivity contribution < 1.29 is 19.1 Å². The van der Waals surface area contributed by atoms with Crippen molar-refractivity contribution in [3.8, 4) is 0 Å². The van der Waals surface area contributed by atoms with Gasteiger partial charge in [0.1, 0.15) is 17.7 Å². The van der Waals surface area contributed by atoms with Gasteiger partial charge >= 0.3 is 6.09 Å². The molecule has 11 nitrogen and oxygen atoms in total. The minimum atomic E-state index is -0.839. The van der Waals surface area contributed by atoms with Crippen LogP contribution in [-0.4, -0.2) is 66.9 Å². The Bertz CT molecular complexity index is 1170. The summed E-state index contributed by atoms with van der Waals surface area (Å²) >= 11 is 6.17. The summed E-state index contributed by atoms with van der Waals surface area (Å²) in [6.45, 7) is 11.5. The molecule has 0 bridgehead atoms. The molecule has 1 aromatic carbocycles. The molecular formula is C26H36ClN7O4. The monoisotopic (exact) mass is 545 g/mol. The minimum Gasteiger partial charge on any atom is -0.444 e. The van der Waals surface area contributed by atoms with Gasteiger partial charge in [-0.1, -0.05) is 44.5 Å². The summed E-state index contributed by atoms with van der Waals surface area (Å²) < 4.78 is 5.44. The molecule has 2 aliphatic rings. The van der Waals surface area contributed by atoms with Crippen LogP contribution in [0.2, 0.25) is 5.02 Å². The molecule has 12 heteroatoms. The summed E-state index contributed by atoms with van der Waals surface area (Å²) in [6.07, 6.45) is 2.45. The fourth-order valence-electron chi connectivity index (χ4n) is 4.93. The molecule has 0 unspecified atom stereocenters. The quantitative estimate of drug-likeness (QED) is 0.566. The third-order valence-corrected chi connectivity index (χ3v) is 6.75. The molecule has 206 valence electrons. The number of amides is 3. The zero-order valence-electron chi connectivity index (χ0n) is 22.7. The van der Waals surface area contributed by atoms with Crippen LogP contribution in [0, 0.1) is 11.3 Å². The van der Waals surface area contributed by atoms with E-state index < -0.39 is 23.8 Å². The molecule has 4 atom stereocenters. The van der Waals surface area contributed by atoms with Crippen LogP contribution >= 0.6 is 11.6 Å². The first-order valence-electron chi connectivity index (χ1n) is 12.8. The standard InChI is InChI=1S/C26H36ClN7O4/c1-25(2,3)13-19(29-24(37)38-26(4,5)6)22(35)34-20-11-17(20)12-21(34)23(36)32(33-15-28-30-31-33)14-16-8-7-9-18(27)10-16/h7-10,15,17,19-21H,11-14H2,1-6H3,(H,29,37)/t17-,19+,20-,21-/m0/s1. The first-order valence-corrected chi connectivity index (χ1v) is 13.2. The molecule has 1 aromatic heterocycles. The number of piperidine rings is 1. The van der Waals surface area contributed by atoms with Crippen LogP contribution in [0.5, 0.6) is 0 Å². The number of alkyl carbamates (subject to hydrolysis) is 1. The number of nitrogens with zero attached hydrogens (tertiary/aromatic N) is 6. The SMILES string of the molecule is CC(C)(C)C[C@@H](NC(=O)OC(C)(C)C)C(=O)N1[C@H](C(=O)N(Cc2cccc(Cl)c2)n2cnnn2)C[C@@H]2C[C@@H]21. The van der Waals surface area contributed by atoms with E-state index in [-0.39, 0.29) is 35.7 Å². The van der Waals surface area contributed by atoms with Crippen molar-refractivity contribution >= 4 is 29.5 Å². The Labute approximate surface area is 227 Å². The van der Waals surface area contributed by atoms with Crippen molar-refractivity contribution in [1.82, 2.24) is 30.5 Å². The Morgan fingerprint density at radius 2 is 1.92 bits per heavy atom. The molecule has 4 rings (SSSR count). The second kappa shape index (κ2) is 10.5. The number of hydrogen-bond donors (Lipinski definition) is 1. The van der Waals surface area contributed by atoms with Crippen molar-refractivity contribution in [2.75, 3.05) is 5.01 Å². The maximum Gasteiger partial charge on any atom is 0.408 e. The number of nitrogens with one attached hydrogen (secondary N) is 1. The number of halogens is 1. The van der Waals surface area contributed by atoms with E-state index in [0.717, 1.165) is 12.0 Å². The van der Waals surface area contributed by atoms with Crippen molar-refractivity contribution in [2.24, 2.45) is 11.3 Å². The fraction of sp³-hybridized carbons (Fsp3) is 0.615. The Kier molecular flexibility index (Phi) is 7.69. The highest BCUT2D eigenvalue weighted by Crippen LogP contribution is 2.48. The van der Waals surface area contributed by atoms with E-state index in [1.165, 1.54) is 16.1 Å². The number of carbonyl (C=O) groups is 3. The molecule has 0 radical (unpaired) electrons. The molecule has 1 saturated heterocycles. The lowest BCUT2D eigenvalue weighted by Crippen LogP contribution is -2.58. The summed E-state index contributed by atoms with van der Waals surface area (Å²) in [4.78, 5) is 43.6. The highest BCUT2D eigenvalue weighted by molar-refractivity contribution is 6.30. The van der Waals surface area contributed by atoms with Crippen LogP contribution in [0.25, 0.3) is 0 Å². The van der Waals surface area contributed by atoms with Gasteiger partial charge in [-0.15, -0.1) is 9.89 Å². The van der Waals surface area contributed by atoms with E-state index in [1.807, 2.05) is 26.8 Å². The smallest absolute Gasteiger partial charge is 0.408 e. The van der Waals surface area contributed by atoms with Crippen LogP contribution < -0.4 is 10.3 Å². The zero-order chi connectivity index (χ0) is 27.8. The first kappa shape index (κ1) is 27.8. The number of likely N-dealkylation sites (tertiary alicyclic amines) is 1. The lowest BCUT2D eigenvalue weighted by Gasteiger charge is -2.35. The molecule has 2 aromatic rings. The Morgan fingerprint density at radius 1 is 1.18 bits per heavy atom. The number of benzene rings is 1. The van der Waals surface area contributed by atoms with E-state index in [9.17, 15) is 14.4 Å². The first-order chi connectivity index (χ1) is 17.7. The van der Waals surface area contributed by atoms with Crippen molar-refractivity contribution in [3.63, 3.8) is 0 Å². The van der Waals surface area contributed by atoms with Gasteiger partial charge < -0.3 is 15.0 Å². The Balaban J connectivity index is 1.59. The predicted octanol–water partition coefficient (Wildman–Crippen LogP) is 3.31. The number of tetrazole rings is 1. The maximum atomic E-state index is 14.0. The third-order valence-electron chi connectivity index (χ3n) is 6.51. The van der Waals surface area contributed by atoms with Crippen LogP contribution in [-0.2, 0) is 20.9 Å². The molecule has 2 heterocycles. The second-order valence-electron chi connectivity index (χ2n) is 12.3. The van der Waals surface area contributed by atoms with Crippen LogP contribution in [0.3, 0.4) is 0 Å². The molecule has 1 aliphatic carbocycles. The van der Waals surface area contributed by atoms with Crippen LogP contribution in [0.4, 0.5) is 4.79 Å². The van der Waals surface area contributed by atoms with Crippen molar-refractivity contribution in [3.05, 3.63) is 41.2 Å². The number of carbonyl (C=O) groups excluding carboxylic acids is 3. The van der Waals surface area contributed by atoms with Gasteiger partial charge in [-0.25, -0.2) is 9.80 Å². The predicted molar refractivity (Wildman–Crippen MR) is 141 cm³/mol. The van der Waals surface area contributed by atoms with Crippen LogP contribution in [0.1, 0.15) is 66.4 Å². The van der Waals surface area contributed by atoms with E-state index >= 15 is 0 Å². The van der Waals surface area contributed by atoms with Crippen molar-refractivity contribution in [1.29, 1.82) is 0 Å². The van der Waals surface area contributed by atoms with Gasteiger partial charge in [-0.3, -0.25) is 9.59 Å². The fourth-order valence-corrected chi connectivity index (χ4v) is 5.15. The maximum absolute atomic E-state index is 14.0. The Hall–Kier alpha value is -3.21. The molecule has 1 aliphatic heterocycles. The average Bonchev–Trinajstić information content (AvgIpc) is 3.17. The Morgan fingerprint density at radius 3 is 2.53 bits per heavy atom. The largest absolute Gasteiger partial charge is 0.444 e. The molecule has 1 N–H and O–H groups in total. The number of fused-ring (bicyclic) bond motifs is 1. The molecule has 3 amide bonds. The summed E-state index contributed by atoms with van der Waals surface area (Å²) in [5.74, 6) is -0.343. The van der Waals surface area contributed by atoms with E-state index in [1.54, 1.807) is 43.9 Å². The van der Waals surface area contributed by atoms with Crippen molar-refractivity contribution in [2.45, 2.75) is 91.1 Å². The highest BCUT2D eigenvalue weighted by atomic mass is 35.5. The topological polar surface area (TPSA) is 123 Å². The van der Waals surface area contributed by atoms with E-state index in [4.69, 9.17) is 16.3 Å². The third kappa shape index (κ3) is 6.80. The molecular weight excluding hydrogens is 510 g/mol. The number of aromatic nitrogens is 4. The zero-order valence-corrected chi connectivity index (χ0v) is 23.5. The van der Waals surface area contributed by atoms with Gasteiger partial charge in [0, 0.05) is 11.1 Å². The van der Waals surface area contributed by atoms with Gasteiger partial charge in [0.2, 0.25) is 5.91 Å². The number of rotatable bonds is 7. The highest BCUT2D eigenvalue weighted by Gasteiger charge is 2.58. The normalized spacial score (nSPS) is 21.4. The summed E-state index contributed by atoms with van der Waals surface area (Å²) in [7, 11) is 0. The number of ether oxygens (including phenoxy) is 1. The summed E-state index contributed by atoms with van der Waals surface area (Å²) in [6, 6.07) is 5.60. The van der Waals surface area contributed by atoms with E-state index in [0.29, 0.717) is 17.9 Å². The van der Waals surface area contributed by atoms with E-state index in [2.05, 4.69) is 20.8 Å². The average molecular weight is 546 g/mol. The molecule has 0 spiro atoms. The van der Waals surface area contributed by atoms with Gasteiger partial charge in [-0.05, 0) is 79.5 Å². The second-order valence-corrected chi connectivity index (χ2v) is 12.7.